The van der Waals surface area contributed by atoms with Crippen LogP contribution in [0.3, 0.4) is 0 Å². The molecule has 0 atom stereocenters. The molecule has 0 aromatic carbocycles. The molecule has 6 nitrogen and oxygen atoms in total. The predicted octanol–water partition coefficient (Wildman–Crippen LogP) is -0.373. The third-order valence-corrected chi connectivity index (χ3v) is 1.30. The van der Waals surface area contributed by atoms with E-state index in [1.54, 1.807) is 0 Å². The summed E-state index contributed by atoms with van der Waals surface area (Å²) >= 11 is 0. The predicted molar refractivity (Wildman–Crippen MR) is 51.5 cm³/mol. The molecule has 0 fully saturated rings. The Kier molecular flexibility index (Phi) is 8.75. The van der Waals surface area contributed by atoms with Crippen LogP contribution in [0.1, 0.15) is 0 Å². The molecule has 0 saturated heterocycles. The Balaban J connectivity index is 3.11. The lowest BCUT2D eigenvalue weighted by Gasteiger charge is -2.05. The number of ether oxygens (including phenoxy) is 3. The molecule has 15 heavy (non-hydrogen) atoms. The lowest BCUT2D eigenvalue weighted by atomic mass is 10.6. The molecule has 0 bridgehead atoms. The topological polar surface area (TPSA) is 85.2 Å². The Morgan fingerprint density at radius 2 is 1.60 bits per heavy atom. The average Bonchev–Trinajstić information content (AvgIpc) is 2.21. The van der Waals surface area contributed by atoms with Gasteiger partial charge in [0.1, 0.15) is 6.61 Å². The summed E-state index contributed by atoms with van der Waals surface area (Å²) in [7, 11) is 0. The van der Waals surface area contributed by atoms with Crippen LogP contribution in [0.4, 0.5) is 0 Å². The number of rotatable bonds is 9. The van der Waals surface area contributed by atoms with E-state index in [1.165, 1.54) is 0 Å². The lowest BCUT2D eigenvalue weighted by Crippen LogP contribution is -2.14. The minimum Gasteiger partial charge on any atom is -0.502 e. The van der Waals surface area contributed by atoms with Crippen LogP contribution in [0.15, 0.2) is 12.3 Å². The van der Waals surface area contributed by atoms with Gasteiger partial charge >= 0.3 is 5.97 Å². The molecule has 0 aromatic rings. The fourth-order valence-electron chi connectivity index (χ4n) is 0.663. The zero-order chi connectivity index (χ0) is 11.5. The van der Waals surface area contributed by atoms with Crippen LogP contribution in [0.5, 0.6) is 0 Å². The number of carbonyl (C=O) groups is 1. The maximum absolute atomic E-state index is 10.6. The van der Waals surface area contributed by atoms with Gasteiger partial charge in [0, 0.05) is 0 Å². The van der Waals surface area contributed by atoms with E-state index in [-0.39, 0.29) is 26.4 Å². The van der Waals surface area contributed by atoms with Gasteiger partial charge in [-0.05, 0) is 6.58 Å². The van der Waals surface area contributed by atoms with Gasteiger partial charge in [-0.15, -0.1) is 0 Å². The third-order valence-electron chi connectivity index (χ3n) is 1.30. The Morgan fingerprint density at radius 1 is 1.07 bits per heavy atom. The van der Waals surface area contributed by atoms with E-state index in [0.29, 0.717) is 13.2 Å². The van der Waals surface area contributed by atoms with Gasteiger partial charge in [0.25, 0.3) is 0 Å². The molecule has 0 spiro atoms. The molecule has 0 aliphatic carbocycles. The van der Waals surface area contributed by atoms with E-state index < -0.39 is 11.7 Å². The van der Waals surface area contributed by atoms with E-state index in [9.17, 15) is 4.79 Å². The molecule has 0 rings (SSSR count). The first-order chi connectivity index (χ1) is 7.18. The average molecular weight is 220 g/mol. The number of esters is 1. The van der Waals surface area contributed by atoms with Crippen LogP contribution < -0.4 is 0 Å². The highest BCUT2D eigenvalue weighted by molar-refractivity contribution is 5.84. The number of hydrogen-bond donors (Lipinski definition) is 2. The Labute approximate surface area is 88.1 Å². The zero-order valence-electron chi connectivity index (χ0n) is 8.48. The molecule has 88 valence electrons. The quantitative estimate of drug-likeness (QED) is 0.238. The molecule has 2 N–H and O–H groups in total. The van der Waals surface area contributed by atoms with Crippen molar-refractivity contribution in [2.24, 2.45) is 0 Å². The summed E-state index contributed by atoms with van der Waals surface area (Å²) in [6, 6.07) is 0. The number of carbonyl (C=O) groups excluding carboxylic acids is 1. The smallest absolute Gasteiger partial charge is 0.372 e. The zero-order valence-corrected chi connectivity index (χ0v) is 8.48. The monoisotopic (exact) mass is 220 g/mol. The molecule has 6 heteroatoms. The van der Waals surface area contributed by atoms with E-state index in [2.05, 4.69) is 11.3 Å². The lowest BCUT2D eigenvalue weighted by molar-refractivity contribution is -0.143. The van der Waals surface area contributed by atoms with Crippen molar-refractivity contribution in [2.75, 3.05) is 39.6 Å². The summed E-state index contributed by atoms with van der Waals surface area (Å²) in [6.45, 7) is 4.28. The second-order valence-electron chi connectivity index (χ2n) is 2.53. The minimum atomic E-state index is -0.852. The number of hydrogen-bond acceptors (Lipinski definition) is 6. The third kappa shape index (κ3) is 9.20. The van der Waals surface area contributed by atoms with E-state index in [1.807, 2.05) is 0 Å². The summed E-state index contributed by atoms with van der Waals surface area (Å²) in [5.74, 6) is -1.48. The van der Waals surface area contributed by atoms with Crippen molar-refractivity contribution in [3.8, 4) is 0 Å². The molecule has 0 unspecified atom stereocenters. The van der Waals surface area contributed by atoms with Gasteiger partial charge < -0.3 is 24.4 Å². The molecule has 0 amide bonds. The summed E-state index contributed by atoms with van der Waals surface area (Å²) < 4.78 is 14.5. The van der Waals surface area contributed by atoms with Crippen LogP contribution in [0.25, 0.3) is 0 Å². The van der Waals surface area contributed by atoms with Gasteiger partial charge in [-0.2, -0.15) is 0 Å². The highest BCUT2D eigenvalue weighted by atomic mass is 16.6. The fraction of sp³-hybridized carbons (Fsp3) is 0.667. The molecule has 0 radical (unpaired) electrons. The Morgan fingerprint density at radius 3 is 2.13 bits per heavy atom. The maximum Gasteiger partial charge on any atom is 0.372 e. The Bertz CT molecular complexity index is 191. The molecule has 0 aliphatic heterocycles. The minimum absolute atomic E-state index is 0.0176. The van der Waals surface area contributed by atoms with E-state index in [4.69, 9.17) is 19.7 Å². The molecular weight excluding hydrogens is 204 g/mol. The normalized spacial score (nSPS) is 9.93. The van der Waals surface area contributed by atoms with Gasteiger partial charge in [0.2, 0.25) is 0 Å². The first-order valence-electron chi connectivity index (χ1n) is 4.50. The van der Waals surface area contributed by atoms with Gasteiger partial charge in [-0.25, -0.2) is 4.79 Å². The maximum atomic E-state index is 10.6. The van der Waals surface area contributed by atoms with Crippen LogP contribution in [-0.2, 0) is 19.0 Å². The van der Waals surface area contributed by atoms with Gasteiger partial charge in [0.05, 0.1) is 33.0 Å². The molecule has 0 heterocycles. The standard InChI is InChI=1S/C9H16O6/c1-8(11)9(12)15-7-6-14-5-4-13-3-2-10/h10-11H,1-7H2. The van der Waals surface area contributed by atoms with E-state index in [0.717, 1.165) is 0 Å². The van der Waals surface area contributed by atoms with E-state index >= 15 is 0 Å². The van der Waals surface area contributed by atoms with Crippen molar-refractivity contribution in [1.82, 2.24) is 0 Å². The fourth-order valence-corrected chi connectivity index (χ4v) is 0.663. The Hall–Kier alpha value is -1.11. The van der Waals surface area contributed by atoms with Crippen molar-refractivity contribution in [3.05, 3.63) is 12.3 Å². The van der Waals surface area contributed by atoms with Gasteiger partial charge in [-0.3, -0.25) is 0 Å². The van der Waals surface area contributed by atoms with Crippen molar-refractivity contribution in [1.29, 1.82) is 0 Å². The summed E-state index contributed by atoms with van der Waals surface area (Å²) in [5, 5.41) is 16.9. The molecule has 0 aromatic heterocycles. The molecular formula is C9H16O6. The largest absolute Gasteiger partial charge is 0.502 e. The summed E-state index contributed by atoms with van der Waals surface area (Å²) in [6.07, 6.45) is 0. The molecule has 0 aliphatic rings. The summed E-state index contributed by atoms with van der Waals surface area (Å²) in [5.41, 5.74) is 0. The SMILES string of the molecule is C=C(O)C(=O)OCCOCCOCCO. The van der Waals surface area contributed by atoms with Gasteiger partial charge in [0.15, 0.2) is 5.76 Å². The van der Waals surface area contributed by atoms with Crippen LogP contribution in [-0.4, -0.2) is 55.8 Å². The number of aliphatic hydroxyl groups excluding tert-OH is 2. The van der Waals surface area contributed by atoms with Crippen molar-refractivity contribution >= 4 is 5.97 Å². The first kappa shape index (κ1) is 13.9. The van der Waals surface area contributed by atoms with Crippen LogP contribution in [0, 0.1) is 0 Å². The highest BCUT2D eigenvalue weighted by Gasteiger charge is 2.04. The van der Waals surface area contributed by atoms with Gasteiger partial charge in [-0.1, -0.05) is 0 Å². The molecule has 0 saturated carbocycles. The van der Waals surface area contributed by atoms with Crippen molar-refractivity contribution < 1.29 is 29.2 Å². The highest BCUT2D eigenvalue weighted by Crippen LogP contribution is 1.88. The summed E-state index contributed by atoms with van der Waals surface area (Å²) in [4.78, 5) is 10.6. The second-order valence-corrected chi connectivity index (χ2v) is 2.53. The van der Waals surface area contributed by atoms with Crippen LogP contribution in [0.2, 0.25) is 0 Å². The second kappa shape index (κ2) is 9.45. The first-order valence-corrected chi connectivity index (χ1v) is 4.50. The number of aliphatic hydroxyl groups is 2. The van der Waals surface area contributed by atoms with Crippen LogP contribution >= 0.6 is 0 Å². The van der Waals surface area contributed by atoms with Crippen molar-refractivity contribution in [3.63, 3.8) is 0 Å². The van der Waals surface area contributed by atoms with Crippen molar-refractivity contribution in [2.45, 2.75) is 0 Å².